The second kappa shape index (κ2) is 9.00. The van der Waals surface area contributed by atoms with Crippen molar-refractivity contribution in [1.29, 1.82) is 0 Å². The minimum Gasteiger partial charge on any atom is -0.378 e. The van der Waals surface area contributed by atoms with Gasteiger partial charge in [-0.15, -0.1) is 0 Å². The van der Waals surface area contributed by atoms with Crippen molar-refractivity contribution < 1.29 is 13.9 Å². The van der Waals surface area contributed by atoms with E-state index in [9.17, 15) is 9.18 Å². The maximum atomic E-state index is 13.7. The second-order valence-corrected chi connectivity index (χ2v) is 6.98. The van der Waals surface area contributed by atoms with E-state index in [1.54, 1.807) is 29.3 Å². The van der Waals surface area contributed by atoms with E-state index in [-0.39, 0.29) is 11.7 Å². The summed E-state index contributed by atoms with van der Waals surface area (Å²) in [6.07, 6.45) is 4.75. The monoisotopic (exact) mass is 397 g/mol. The van der Waals surface area contributed by atoms with Gasteiger partial charge in [0.2, 0.25) is 11.9 Å². The van der Waals surface area contributed by atoms with E-state index in [1.807, 2.05) is 6.07 Å². The van der Waals surface area contributed by atoms with E-state index in [4.69, 9.17) is 9.72 Å². The van der Waals surface area contributed by atoms with Crippen molar-refractivity contribution >= 4 is 23.7 Å². The third-order valence-electron chi connectivity index (χ3n) is 5.15. The van der Waals surface area contributed by atoms with Crippen LogP contribution in [0.25, 0.3) is 6.08 Å². The summed E-state index contributed by atoms with van der Waals surface area (Å²) >= 11 is 0. The summed E-state index contributed by atoms with van der Waals surface area (Å²) in [5.41, 5.74) is 0.413. The van der Waals surface area contributed by atoms with Crippen molar-refractivity contribution in [2.75, 3.05) is 62.3 Å². The standard InChI is InChI=1S/C21H24FN5O2/c22-18-4-2-1-3-17(18)5-6-20(28)26-11-9-25(10-12-26)19-7-8-23-21(24-19)27-13-15-29-16-14-27/h1-8H,9-16H2/b6-5+. The average molecular weight is 397 g/mol. The minimum atomic E-state index is -0.332. The number of ether oxygens (including phenoxy) is 1. The summed E-state index contributed by atoms with van der Waals surface area (Å²) in [5.74, 6) is 1.15. The maximum Gasteiger partial charge on any atom is 0.246 e. The lowest BCUT2D eigenvalue weighted by Crippen LogP contribution is -2.48. The number of carbonyl (C=O) groups is 1. The highest BCUT2D eigenvalue weighted by atomic mass is 19.1. The summed E-state index contributed by atoms with van der Waals surface area (Å²) in [6.45, 7) is 5.54. The Balaban J connectivity index is 1.34. The number of anilines is 2. The van der Waals surface area contributed by atoms with Crippen LogP contribution in [0.2, 0.25) is 0 Å². The van der Waals surface area contributed by atoms with Crippen molar-refractivity contribution in [3.63, 3.8) is 0 Å². The number of morpholine rings is 1. The van der Waals surface area contributed by atoms with Crippen LogP contribution in [0.4, 0.5) is 16.2 Å². The van der Waals surface area contributed by atoms with E-state index >= 15 is 0 Å². The van der Waals surface area contributed by atoms with Crippen LogP contribution in [0.3, 0.4) is 0 Å². The van der Waals surface area contributed by atoms with Crippen LogP contribution < -0.4 is 9.80 Å². The van der Waals surface area contributed by atoms with Gasteiger partial charge in [-0.1, -0.05) is 18.2 Å². The predicted molar refractivity (Wildman–Crippen MR) is 109 cm³/mol. The summed E-state index contributed by atoms with van der Waals surface area (Å²) in [7, 11) is 0. The molecule has 29 heavy (non-hydrogen) atoms. The first-order valence-corrected chi connectivity index (χ1v) is 9.83. The van der Waals surface area contributed by atoms with Crippen LogP contribution in [0.15, 0.2) is 42.6 Å². The average Bonchev–Trinajstić information content (AvgIpc) is 2.79. The van der Waals surface area contributed by atoms with Crippen LogP contribution in [0.1, 0.15) is 5.56 Å². The molecule has 152 valence electrons. The molecule has 2 aliphatic rings. The molecule has 1 aromatic heterocycles. The molecule has 2 fully saturated rings. The smallest absolute Gasteiger partial charge is 0.246 e. The number of carbonyl (C=O) groups excluding carboxylic acids is 1. The summed E-state index contributed by atoms with van der Waals surface area (Å²) in [6, 6.07) is 8.32. The second-order valence-electron chi connectivity index (χ2n) is 6.98. The molecular formula is C21H24FN5O2. The van der Waals surface area contributed by atoms with Crippen LogP contribution >= 0.6 is 0 Å². The molecule has 8 heteroatoms. The molecule has 3 heterocycles. The molecule has 1 aromatic carbocycles. The molecule has 2 saturated heterocycles. The molecule has 1 amide bonds. The molecule has 0 N–H and O–H groups in total. The summed E-state index contributed by atoms with van der Waals surface area (Å²) < 4.78 is 19.1. The normalized spacial score (nSPS) is 17.8. The first-order valence-electron chi connectivity index (χ1n) is 9.83. The number of nitrogens with zero attached hydrogens (tertiary/aromatic N) is 5. The summed E-state index contributed by atoms with van der Waals surface area (Å²) in [4.78, 5) is 27.6. The van der Waals surface area contributed by atoms with Gasteiger partial charge in [-0.2, -0.15) is 4.98 Å². The fourth-order valence-electron chi connectivity index (χ4n) is 3.46. The van der Waals surface area contributed by atoms with E-state index in [0.717, 1.165) is 24.9 Å². The Morgan fingerprint density at radius 1 is 1.00 bits per heavy atom. The van der Waals surface area contributed by atoms with E-state index in [2.05, 4.69) is 14.8 Å². The molecule has 0 saturated carbocycles. The molecule has 4 rings (SSSR count). The van der Waals surface area contributed by atoms with Crippen molar-refractivity contribution in [3.05, 3.63) is 54.0 Å². The molecule has 2 aliphatic heterocycles. The lowest BCUT2D eigenvalue weighted by Gasteiger charge is -2.35. The first kappa shape index (κ1) is 19.3. The minimum absolute atomic E-state index is 0.107. The van der Waals surface area contributed by atoms with Gasteiger partial charge < -0.3 is 19.4 Å². The van der Waals surface area contributed by atoms with Gasteiger partial charge in [-0.05, 0) is 18.2 Å². The molecule has 0 unspecified atom stereocenters. The van der Waals surface area contributed by atoms with E-state index in [1.165, 1.54) is 18.2 Å². The largest absolute Gasteiger partial charge is 0.378 e. The van der Waals surface area contributed by atoms with Crippen molar-refractivity contribution in [3.8, 4) is 0 Å². The lowest BCUT2D eigenvalue weighted by atomic mass is 10.2. The molecule has 0 spiro atoms. The van der Waals surface area contributed by atoms with Crippen LogP contribution in [-0.4, -0.2) is 73.3 Å². The van der Waals surface area contributed by atoms with Crippen molar-refractivity contribution in [1.82, 2.24) is 14.9 Å². The van der Waals surface area contributed by atoms with Gasteiger partial charge in [-0.3, -0.25) is 4.79 Å². The number of piperazine rings is 1. The Kier molecular flexibility index (Phi) is 6.00. The topological polar surface area (TPSA) is 61.8 Å². The van der Waals surface area contributed by atoms with Crippen molar-refractivity contribution in [2.45, 2.75) is 0 Å². The Labute approximate surface area is 169 Å². The Hall–Kier alpha value is -3.00. The van der Waals surface area contributed by atoms with Crippen LogP contribution in [0, 0.1) is 5.82 Å². The molecule has 0 atom stereocenters. The number of amides is 1. The number of rotatable bonds is 4. The Morgan fingerprint density at radius 3 is 2.52 bits per heavy atom. The molecule has 7 nitrogen and oxygen atoms in total. The molecule has 2 aromatic rings. The van der Waals surface area contributed by atoms with Crippen molar-refractivity contribution in [2.24, 2.45) is 0 Å². The number of hydrogen-bond acceptors (Lipinski definition) is 6. The number of aromatic nitrogens is 2. The highest BCUT2D eigenvalue weighted by Gasteiger charge is 2.22. The molecule has 0 radical (unpaired) electrons. The van der Waals surface area contributed by atoms with E-state index < -0.39 is 0 Å². The zero-order valence-corrected chi connectivity index (χ0v) is 16.2. The van der Waals surface area contributed by atoms with Gasteiger partial charge in [0.15, 0.2) is 0 Å². The zero-order valence-electron chi connectivity index (χ0n) is 16.2. The SMILES string of the molecule is O=C(/C=C/c1ccccc1F)N1CCN(c2ccnc(N3CCOCC3)n2)CC1. The predicted octanol–water partition coefficient (Wildman–Crippen LogP) is 1.81. The van der Waals surface area contributed by atoms with Crippen LogP contribution in [-0.2, 0) is 9.53 Å². The lowest BCUT2D eigenvalue weighted by molar-refractivity contribution is -0.126. The molecular weight excluding hydrogens is 373 g/mol. The van der Waals surface area contributed by atoms with Gasteiger partial charge in [0, 0.05) is 57.1 Å². The zero-order chi connectivity index (χ0) is 20.1. The van der Waals surface area contributed by atoms with Gasteiger partial charge in [0.05, 0.1) is 13.2 Å². The molecule has 0 aliphatic carbocycles. The van der Waals surface area contributed by atoms with E-state index in [0.29, 0.717) is 45.0 Å². The first-order chi connectivity index (χ1) is 14.2. The molecule has 0 bridgehead atoms. The maximum absolute atomic E-state index is 13.7. The Morgan fingerprint density at radius 2 is 1.76 bits per heavy atom. The summed E-state index contributed by atoms with van der Waals surface area (Å²) in [5, 5.41) is 0. The highest BCUT2D eigenvalue weighted by molar-refractivity contribution is 5.92. The van der Waals surface area contributed by atoms with Gasteiger partial charge >= 0.3 is 0 Å². The number of halogens is 1. The number of hydrogen-bond donors (Lipinski definition) is 0. The van der Waals surface area contributed by atoms with Crippen LogP contribution in [0.5, 0.6) is 0 Å². The quantitative estimate of drug-likeness (QED) is 0.734. The Bertz CT molecular complexity index is 877. The fourth-order valence-corrected chi connectivity index (χ4v) is 3.46. The fraction of sp³-hybridized carbons (Fsp3) is 0.381. The third-order valence-corrected chi connectivity index (χ3v) is 5.15. The highest BCUT2D eigenvalue weighted by Crippen LogP contribution is 2.18. The van der Waals surface area contributed by atoms with Gasteiger partial charge in [0.1, 0.15) is 11.6 Å². The van der Waals surface area contributed by atoms with Gasteiger partial charge in [0.25, 0.3) is 0 Å². The third kappa shape index (κ3) is 4.71. The number of benzene rings is 1. The van der Waals surface area contributed by atoms with Gasteiger partial charge in [-0.25, -0.2) is 9.37 Å².